The SMILES string of the molecule is CCCNCc1cccc(OCCSC)c1. The van der Waals surface area contributed by atoms with Crippen LogP contribution in [-0.2, 0) is 6.54 Å². The van der Waals surface area contributed by atoms with Gasteiger partial charge in [0.2, 0.25) is 0 Å². The van der Waals surface area contributed by atoms with Gasteiger partial charge in [-0.05, 0) is 36.9 Å². The predicted molar refractivity (Wildman–Crippen MR) is 72.3 cm³/mol. The van der Waals surface area contributed by atoms with Crippen molar-refractivity contribution in [2.45, 2.75) is 19.9 Å². The van der Waals surface area contributed by atoms with Crippen molar-refractivity contribution in [2.24, 2.45) is 0 Å². The third-order valence-electron chi connectivity index (χ3n) is 2.21. The molecule has 0 aromatic heterocycles. The molecule has 1 aromatic rings. The Bertz CT molecular complexity index is 266. The van der Waals surface area contributed by atoms with E-state index in [1.807, 2.05) is 6.07 Å². The highest BCUT2D eigenvalue weighted by molar-refractivity contribution is 7.98. The van der Waals surface area contributed by atoms with Gasteiger partial charge in [-0.1, -0.05) is 19.1 Å². The minimum atomic E-state index is 0.785. The highest BCUT2D eigenvalue weighted by atomic mass is 32.2. The maximum absolute atomic E-state index is 5.64. The Balaban J connectivity index is 2.37. The van der Waals surface area contributed by atoms with Crippen molar-refractivity contribution in [1.29, 1.82) is 0 Å². The normalized spacial score (nSPS) is 10.4. The molecule has 0 heterocycles. The molecule has 3 heteroatoms. The lowest BCUT2D eigenvalue weighted by Crippen LogP contribution is -2.13. The molecule has 1 rings (SSSR count). The Morgan fingerprint density at radius 1 is 1.38 bits per heavy atom. The van der Waals surface area contributed by atoms with Gasteiger partial charge in [-0.3, -0.25) is 0 Å². The van der Waals surface area contributed by atoms with E-state index in [1.54, 1.807) is 11.8 Å². The maximum atomic E-state index is 5.64. The van der Waals surface area contributed by atoms with Gasteiger partial charge in [-0.25, -0.2) is 0 Å². The lowest BCUT2D eigenvalue weighted by Gasteiger charge is -2.08. The van der Waals surface area contributed by atoms with Crippen LogP contribution >= 0.6 is 11.8 Å². The van der Waals surface area contributed by atoms with E-state index in [0.29, 0.717) is 0 Å². The highest BCUT2D eigenvalue weighted by Crippen LogP contribution is 2.13. The van der Waals surface area contributed by atoms with E-state index in [1.165, 1.54) is 12.0 Å². The van der Waals surface area contributed by atoms with Gasteiger partial charge in [0, 0.05) is 12.3 Å². The molecule has 0 unspecified atom stereocenters. The summed E-state index contributed by atoms with van der Waals surface area (Å²) in [6.45, 7) is 4.95. The van der Waals surface area contributed by atoms with Gasteiger partial charge in [-0.2, -0.15) is 11.8 Å². The van der Waals surface area contributed by atoms with Crippen LogP contribution in [0.3, 0.4) is 0 Å². The Morgan fingerprint density at radius 3 is 3.00 bits per heavy atom. The van der Waals surface area contributed by atoms with Crippen molar-refractivity contribution < 1.29 is 4.74 Å². The third kappa shape index (κ3) is 5.42. The fraction of sp³-hybridized carbons (Fsp3) is 0.538. The molecular formula is C13H21NOS. The minimum Gasteiger partial charge on any atom is -0.493 e. The average molecular weight is 239 g/mol. The van der Waals surface area contributed by atoms with Crippen molar-refractivity contribution in [1.82, 2.24) is 5.32 Å². The van der Waals surface area contributed by atoms with E-state index in [-0.39, 0.29) is 0 Å². The smallest absolute Gasteiger partial charge is 0.119 e. The molecule has 0 amide bonds. The van der Waals surface area contributed by atoms with Crippen LogP contribution in [0.25, 0.3) is 0 Å². The standard InChI is InChI=1S/C13H21NOS/c1-3-7-14-11-12-5-4-6-13(10-12)15-8-9-16-2/h4-6,10,14H,3,7-9,11H2,1-2H3. The van der Waals surface area contributed by atoms with Crippen molar-refractivity contribution in [3.05, 3.63) is 29.8 Å². The molecule has 1 N–H and O–H groups in total. The predicted octanol–water partition coefficient (Wildman–Crippen LogP) is 2.93. The molecule has 0 aliphatic rings. The van der Waals surface area contributed by atoms with E-state index in [4.69, 9.17) is 4.74 Å². The van der Waals surface area contributed by atoms with Crippen LogP contribution < -0.4 is 10.1 Å². The van der Waals surface area contributed by atoms with Crippen LogP contribution in [0.5, 0.6) is 5.75 Å². The van der Waals surface area contributed by atoms with Crippen molar-refractivity contribution >= 4 is 11.8 Å². The first-order valence-electron chi connectivity index (χ1n) is 5.78. The van der Waals surface area contributed by atoms with Crippen molar-refractivity contribution in [3.63, 3.8) is 0 Å². The quantitative estimate of drug-likeness (QED) is 0.705. The average Bonchev–Trinajstić information content (AvgIpc) is 2.30. The topological polar surface area (TPSA) is 21.3 Å². The third-order valence-corrected chi connectivity index (χ3v) is 2.79. The van der Waals surface area contributed by atoms with Crippen molar-refractivity contribution in [3.8, 4) is 5.75 Å². The molecule has 0 fully saturated rings. The number of rotatable bonds is 8. The molecule has 0 radical (unpaired) electrons. The van der Waals surface area contributed by atoms with Crippen LogP contribution in [0, 0.1) is 0 Å². The molecule has 0 aliphatic heterocycles. The molecule has 0 saturated carbocycles. The highest BCUT2D eigenvalue weighted by Gasteiger charge is 1.96. The van der Waals surface area contributed by atoms with Gasteiger partial charge in [0.05, 0.1) is 6.61 Å². The number of hydrogen-bond acceptors (Lipinski definition) is 3. The molecule has 1 aromatic carbocycles. The fourth-order valence-corrected chi connectivity index (χ4v) is 1.65. The molecule has 0 aliphatic carbocycles. The summed E-state index contributed by atoms with van der Waals surface area (Å²) >= 11 is 1.80. The van der Waals surface area contributed by atoms with E-state index in [9.17, 15) is 0 Å². The zero-order valence-corrected chi connectivity index (χ0v) is 11.0. The second-order valence-corrected chi connectivity index (χ2v) is 4.65. The Labute approximate surface area is 103 Å². The number of hydrogen-bond donors (Lipinski definition) is 1. The van der Waals surface area contributed by atoms with Gasteiger partial charge >= 0.3 is 0 Å². The monoisotopic (exact) mass is 239 g/mol. The largest absolute Gasteiger partial charge is 0.493 e. The molecule has 0 spiro atoms. The zero-order valence-electron chi connectivity index (χ0n) is 10.2. The number of nitrogens with one attached hydrogen (secondary N) is 1. The summed E-state index contributed by atoms with van der Waals surface area (Å²) in [6.07, 6.45) is 3.26. The van der Waals surface area contributed by atoms with Gasteiger partial charge in [0.15, 0.2) is 0 Å². The summed E-state index contributed by atoms with van der Waals surface area (Å²) in [5, 5.41) is 3.39. The van der Waals surface area contributed by atoms with Crippen LogP contribution in [0.1, 0.15) is 18.9 Å². The van der Waals surface area contributed by atoms with Crippen molar-refractivity contribution in [2.75, 3.05) is 25.2 Å². The second kappa shape index (κ2) is 8.48. The number of ether oxygens (including phenoxy) is 1. The first-order valence-corrected chi connectivity index (χ1v) is 7.17. The van der Waals surface area contributed by atoms with E-state index >= 15 is 0 Å². The first-order chi connectivity index (χ1) is 7.86. The molecule has 16 heavy (non-hydrogen) atoms. The molecular weight excluding hydrogens is 218 g/mol. The molecule has 0 bridgehead atoms. The van der Waals surface area contributed by atoms with E-state index in [0.717, 1.165) is 31.2 Å². The maximum Gasteiger partial charge on any atom is 0.119 e. The molecule has 90 valence electrons. The summed E-state index contributed by atoms with van der Waals surface area (Å²) in [5.74, 6) is 2.02. The summed E-state index contributed by atoms with van der Waals surface area (Å²) < 4.78 is 5.64. The van der Waals surface area contributed by atoms with Gasteiger partial charge in [0.25, 0.3) is 0 Å². The lowest BCUT2D eigenvalue weighted by molar-refractivity contribution is 0.343. The number of benzene rings is 1. The lowest BCUT2D eigenvalue weighted by atomic mass is 10.2. The van der Waals surface area contributed by atoms with E-state index < -0.39 is 0 Å². The fourth-order valence-electron chi connectivity index (χ4n) is 1.40. The van der Waals surface area contributed by atoms with E-state index in [2.05, 4.69) is 36.7 Å². The summed E-state index contributed by atoms with van der Waals surface area (Å²) in [6, 6.07) is 8.31. The molecule has 2 nitrogen and oxygen atoms in total. The van der Waals surface area contributed by atoms with Gasteiger partial charge < -0.3 is 10.1 Å². The summed E-state index contributed by atoms with van der Waals surface area (Å²) in [5.41, 5.74) is 1.29. The first kappa shape index (κ1) is 13.4. The Hall–Kier alpha value is -0.670. The summed E-state index contributed by atoms with van der Waals surface area (Å²) in [7, 11) is 0. The Kier molecular flexibility index (Phi) is 7.10. The van der Waals surface area contributed by atoms with Gasteiger partial charge in [-0.15, -0.1) is 0 Å². The van der Waals surface area contributed by atoms with Crippen LogP contribution in [-0.4, -0.2) is 25.2 Å². The minimum absolute atomic E-state index is 0.785. The molecule has 0 atom stereocenters. The zero-order chi connectivity index (χ0) is 11.6. The second-order valence-electron chi connectivity index (χ2n) is 3.67. The Morgan fingerprint density at radius 2 is 2.25 bits per heavy atom. The van der Waals surface area contributed by atoms with Crippen LogP contribution in [0.15, 0.2) is 24.3 Å². The van der Waals surface area contributed by atoms with Crippen LogP contribution in [0.2, 0.25) is 0 Å². The molecule has 0 saturated heterocycles. The summed E-state index contributed by atoms with van der Waals surface area (Å²) in [4.78, 5) is 0. The van der Waals surface area contributed by atoms with Crippen LogP contribution in [0.4, 0.5) is 0 Å². The van der Waals surface area contributed by atoms with Gasteiger partial charge in [0.1, 0.15) is 5.75 Å². The number of thioether (sulfide) groups is 1.